The summed E-state index contributed by atoms with van der Waals surface area (Å²) in [6.07, 6.45) is 11.0. The van der Waals surface area contributed by atoms with Gasteiger partial charge in [-0.15, -0.1) is 0 Å². The van der Waals surface area contributed by atoms with Gasteiger partial charge in [0.1, 0.15) is 0 Å². The Morgan fingerprint density at radius 1 is 1.17 bits per heavy atom. The summed E-state index contributed by atoms with van der Waals surface area (Å²) in [7, 11) is 0. The summed E-state index contributed by atoms with van der Waals surface area (Å²) < 4.78 is 0. The number of aliphatic hydroxyl groups excluding tert-OH is 1. The Morgan fingerprint density at radius 2 is 2.00 bits per heavy atom. The fourth-order valence-electron chi connectivity index (χ4n) is 1.30. The first-order valence-electron chi connectivity index (χ1n) is 6.39. The molecule has 0 heterocycles. The third kappa shape index (κ3) is 12.9. The summed E-state index contributed by atoms with van der Waals surface area (Å²) in [4.78, 5) is 0. The molecule has 18 heavy (non-hydrogen) atoms. The normalized spacial score (nSPS) is 11.9. The lowest BCUT2D eigenvalue weighted by molar-refractivity contribution is 0.156. The molecule has 1 nitrogen and oxygen atoms in total. The van der Waals surface area contributed by atoms with Crippen LogP contribution in [-0.2, 0) is 0 Å². The van der Waals surface area contributed by atoms with Crippen molar-refractivity contribution in [3.63, 3.8) is 0 Å². The zero-order chi connectivity index (χ0) is 13.5. The average Bonchev–Trinajstić information content (AvgIpc) is 2.39. The number of rotatable bonds is 7. The molecule has 98 valence electrons. The van der Waals surface area contributed by atoms with Crippen LogP contribution in [0.1, 0.15) is 45.4 Å². The number of hydrogen-bond donors (Lipinski definition) is 1. The van der Waals surface area contributed by atoms with E-state index in [1.54, 1.807) is 18.2 Å². The molecule has 0 aromatic heterocycles. The van der Waals surface area contributed by atoms with Crippen LogP contribution in [0.15, 0.2) is 23.8 Å². The van der Waals surface area contributed by atoms with E-state index in [0.29, 0.717) is 0 Å². The number of aliphatic hydroxyl groups is 1. The Hall–Kier alpha value is -1.15. The molecule has 0 aromatic carbocycles. The lowest BCUT2D eigenvalue weighted by atomic mass is 10.1. The Morgan fingerprint density at radius 3 is 2.72 bits per heavy atom. The summed E-state index contributed by atoms with van der Waals surface area (Å²) in [5, 5.41) is 9.35. The molecule has 0 bridgehead atoms. The maximum atomic E-state index is 9.35. The summed E-state index contributed by atoms with van der Waals surface area (Å²) in [6, 6.07) is 0. The van der Waals surface area contributed by atoms with Crippen LogP contribution in [0.4, 0.5) is 0 Å². The van der Waals surface area contributed by atoms with Gasteiger partial charge >= 0.3 is 0 Å². The molecule has 1 N–H and O–H groups in total. The van der Waals surface area contributed by atoms with Gasteiger partial charge in [0.25, 0.3) is 0 Å². The van der Waals surface area contributed by atoms with Gasteiger partial charge in [-0.05, 0) is 37.2 Å². The van der Waals surface area contributed by atoms with Crippen LogP contribution in [0.2, 0.25) is 0 Å². The van der Waals surface area contributed by atoms with Gasteiger partial charge in [-0.3, -0.25) is 0 Å². The van der Waals surface area contributed by atoms with Crippen molar-refractivity contribution in [2.45, 2.75) is 51.6 Å². The molecule has 0 aliphatic carbocycles. The van der Waals surface area contributed by atoms with Gasteiger partial charge in [-0.2, -0.15) is 0 Å². The highest BCUT2D eigenvalue weighted by atomic mass is 35.5. The monoisotopic (exact) mass is 264 g/mol. The van der Waals surface area contributed by atoms with Gasteiger partial charge in [0, 0.05) is 12.0 Å². The highest BCUT2D eigenvalue weighted by molar-refractivity contribution is 6.25. The summed E-state index contributed by atoms with van der Waals surface area (Å²) in [5.41, 5.74) is 1.43. The minimum atomic E-state index is -0.129. The molecule has 2 heteroatoms. The number of halogens is 1. The second-order valence-electron chi connectivity index (χ2n) is 3.91. The fourth-order valence-corrected chi connectivity index (χ4v) is 1.39. The zero-order valence-electron chi connectivity index (χ0n) is 11.0. The van der Waals surface area contributed by atoms with Crippen LogP contribution in [0, 0.1) is 23.7 Å². The molecular weight excluding hydrogens is 244 g/mol. The van der Waals surface area contributed by atoms with Crippen molar-refractivity contribution < 1.29 is 5.11 Å². The van der Waals surface area contributed by atoms with Crippen molar-refractivity contribution in [2.75, 3.05) is 0 Å². The van der Waals surface area contributed by atoms with Gasteiger partial charge in [0.15, 0.2) is 0 Å². The standard InChI is InChI=1S/C16H21ClO/c1-2-16(18)14-12-10-8-6-4-3-5-7-9-11-13-15-17/h9,11,13,15-16,18H,2,6,8,10,12,14H2,1H3. The van der Waals surface area contributed by atoms with Crippen LogP contribution < -0.4 is 0 Å². The first kappa shape index (κ1) is 16.9. The molecule has 0 radical (unpaired) electrons. The maximum absolute atomic E-state index is 9.35. The lowest BCUT2D eigenvalue weighted by Gasteiger charge is -2.05. The molecule has 1 unspecified atom stereocenters. The van der Waals surface area contributed by atoms with Crippen LogP contribution in [0.5, 0.6) is 0 Å². The van der Waals surface area contributed by atoms with Gasteiger partial charge in [0.05, 0.1) is 6.10 Å². The van der Waals surface area contributed by atoms with Gasteiger partial charge in [-0.25, -0.2) is 0 Å². The van der Waals surface area contributed by atoms with Gasteiger partial charge in [-0.1, -0.05) is 55.4 Å². The second-order valence-corrected chi connectivity index (χ2v) is 4.16. The van der Waals surface area contributed by atoms with Crippen LogP contribution in [-0.4, -0.2) is 11.2 Å². The van der Waals surface area contributed by atoms with Crippen LogP contribution >= 0.6 is 11.6 Å². The van der Waals surface area contributed by atoms with E-state index in [2.05, 4.69) is 23.7 Å². The zero-order valence-corrected chi connectivity index (χ0v) is 11.7. The molecule has 1 atom stereocenters. The van der Waals surface area contributed by atoms with Crippen LogP contribution in [0.25, 0.3) is 0 Å². The molecule has 0 saturated heterocycles. The smallest absolute Gasteiger partial charge is 0.0537 e. The molecule has 0 rings (SSSR count). The minimum absolute atomic E-state index is 0.129. The Balaban J connectivity index is 3.49. The lowest BCUT2D eigenvalue weighted by Crippen LogP contribution is -2.03. The van der Waals surface area contributed by atoms with E-state index in [0.717, 1.165) is 38.5 Å². The molecule has 0 aliphatic rings. The Kier molecular flexibility index (Phi) is 13.0. The highest BCUT2D eigenvalue weighted by Crippen LogP contribution is 2.07. The van der Waals surface area contributed by atoms with Crippen molar-refractivity contribution >= 4 is 11.6 Å². The van der Waals surface area contributed by atoms with Crippen molar-refractivity contribution in [3.8, 4) is 23.7 Å². The maximum Gasteiger partial charge on any atom is 0.0537 e. The SMILES string of the molecule is CCC(O)CCCCCC#CC#CC=CC=CCl. The van der Waals surface area contributed by atoms with E-state index < -0.39 is 0 Å². The molecule has 0 saturated carbocycles. The summed E-state index contributed by atoms with van der Waals surface area (Å²) >= 11 is 5.33. The third-order valence-electron chi connectivity index (χ3n) is 2.40. The van der Waals surface area contributed by atoms with Crippen molar-refractivity contribution in [2.24, 2.45) is 0 Å². The van der Waals surface area contributed by atoms with Crippen LogP contribution in [0.3, 0.4) is 0 Å². The van der Waals surface area contributed by atoms with E-state index in [1.165, 1.54) is 5.54 Å². The quantitative estimate of drug-likeness (QED) is 0.418. The largest absolute Gasteiger partial charge is 0.393 e. The first-order valence-corrected chi connectivity index (χ1v) is 6.83. The topological polar surface area (TPSA) is 20.2 Å². The average molecular weight is 265 g/mol. The van der Waals surface area contributed by atoms with E-state index >= 15 is 0 Å². The number of hydrogen-bond acceptors (Lipinski definition) is 1. The molecular formula is C16H21ClO. The van der Waals surface area contributed by atoms with Crippen molar-refractivity contribution in [1.82, 2.24) is 0 Å². The third-order valence-corrected chi connectivity index (χ3v) is 2.54. The molecule has 0 spiro atoms. The van der Waals surface area contributed by atoms with Gasteiger partial charge in [0.2, 0.25) is 0 Å². The highest BCUT2D eigenvalue weighted by Gasteiger charge is 1.98. The molecule has 0 aromatic rings. The molecule has 0 aliphatic heterocycles. The summed E-state index contributed by atoms with van der Waals surface area (Å²) in [6.45, 7) is 2.01. The first-order chi connectivity index (χ1) is 8.81. The van der Waals surface area contributed by atoms with Crippen molar-refractivity contribution in [1.29, 1.82) is 0 Å². The van der Waals surface area contributed by atoms with E-state index in [4.69, 9.17) is 11.6 Å². The second kappa shape index (κ2) is 13.9. The van der Waals surface area contributed by atoms with E-state index in [9.17, 15) is 5.11 Å². The van der Waals surface area contributed by atoms with E-state index in [-0.39, 0.29) is 6.10 Å². The van der Waals surface area contributed by atoms with Gasteiger partial charge < -0.3 is 5.11 Å². The predicted molar refractivity (Wildman–Crippen MR) is 79.1 cm³/mol. The van der Waals surface area contributed by atoms with Crippen molar-refractivity contribution in [3.05, 3.63) is 23.8 Å². The molecule has 0 fully saturated rings. The fraction of sp³-hybridized carbons (Fsp3) is 0.500. The minimum Gasteiger partial charge on any atom is -0.393 e. The Bertz CT molecular complexity index is 360. The van der Waals surface area contributed by atoms with E-state index in [1.807, 2.05) is 6.92 Å². The Labute approximate surface area is 116 Å². The predicted octanol–water partition coefficient (Wildman–Crippen LogP) is 4.02. The number of unbranched alkanes of at least 4 members (excludes halogenated alkanes) is 3. The molecule has 0 amide bonds. The number of allylic oxidation sites excluding steroid dienone is 3. The summed E-state index contributed by atoms with van der Waals surface area (Å²) in [5.74, 6) is 11.4.